The van der Waals surface area contributed by atoms with Crippen LogP contribution in [0.4, 0.5) is 11.4 Å². The highest BCUT2D eigenvalue weighted by Crippen LogP contribution is 2.21. The Morgan fingerprint density at radius 3 is 2.44 bits per heavy atom. The third-order valence-electron chi connectivity index (χ3n) is 4.90. The lowest BCUT2D eigenvalue weighted by atomic mass is 10.1. The number of hydrogen-bond acceptors (Lipinski definition) is 5. The zero-order valence-electron chi connectivity index (χ0n) is 15.0. The van der Waals surface area contributed by atoms with Crippen LogP contribution in [0.2, 0.25) is 0 Å². The van der Waals surface area contributed by atoms with Gasteiger partial charge in [0.25, 0.3) is 0 Å². The average Bonchev–Trinajstić information content (AvgIpc) is 2.68. The topological polar surface area (TPSA) is 56.8 Å². The molecule has 0 aliphatic carbocycles. The van der Waals surface area contributed by atoms with E-state index < -0.39 is 0 Å². The molecule has 2 fully saturated rings. The van der Waals surface area contributed by atoms with Crippen LogP contribution in [0.25, 0.3) is 0 Å². The van der Waals surface area contributed by atoms with Crippen LogP contribution in [0.3, 0.4) is 0 Å². The molecule has 2 aliphatic heterocycles. The van der Waals surface area contributed by atoms with E-state index in [1.54, 1.807) is 0 Å². The monoisotopic (exact) mass is 346 g/mol. The molecule has 138 valence electrons. The second kappa shape index (κ2) is 9.63. The van der Waals surface area contributed by atoms with E-state index in [1.165, 1.54) is 24.9 Å². The van der Waals surface area contributed by atoms with Gasteiger partial charge in [0, 0.05) is 50.6 Å². The Balaban J connectivity index is 1.34. The van der Waals surface area contributed by atoms with Gasteiger partial charge in [-0.05, 0) is 43.5 Å². The summed E-state index contributed by atoms with van der Waals surface area (Å²) in [6.07, 6.45) is 3.91. The number of rotatable bonds is 7. The minimum absolute atomic E-state index is 0.0355. The lowest BCUT2D eigenvalue weighted by molar-refractivity contribution is -0.119. The normalized spacial score (nSPS) is 18.8. The number of amides is 1. The summed E-state index contributed by atoms with van der Waals surface area (Å²) in [6.45, 7) is 7.69. The van der Waals surface area contributed by atoms with Gasteiger partial charge >= 0.3 is 0 Å². The molecular weight excluding hydrogens is 316 g/mol. The number of morpholine rings is 1. The molecule has 0 aromatic heterocycles. The van der Waals surface area contributed by atoms with Crippen molar-refractivity contribution in [2.24, 2.45) is 0 Å². The molecule has 6 nitrogen and oxygen atoms in total. The van der Waals surface area contributed by atoms with Crippen molar-refractivity contribution < 1.29 is 9.53 Å². The fraction of sp³-hybridized carbons (Fsp3) is 0.632. The Morgan fingerprint density at radius 2 is 1.72 bits per heavy atom. The quantitative estimate of drug-likeness (QED) is 0.784. The smallest absolute Gasteiger partial charge is 0.239 e. The Morgan fingerprint density at radius 1 is 1.00 bits per heavy atom. The summed E-state index contributed by atoms with van der Waals surface area (Å²) in [5.74, 6) is 0.0355. The SMILES string of the molecule is O=C(CNc1ccc(N2CCCCC2)cc1)NCCN1CCOCC1. The molecule has 3 rings (SSSR count). The van der Waals surface area contributed by atoms with Crippen LogP contribution >= 0.6 is 0 Å². The van der Waals surface area contributed by atoms with Gasteiger partial charge in [0.2, 0.25) is 5.91 Å². The molecule has 1 aromatic carbocycles. The molecule has 2 aliphatic rings. The minimum atomic E-state index is 0.0355. The number of piperidine rings is 1. The minimum Gasteiger partial charge on any atom is -0.379 e. The second-order valence-corrected chi connectivity index (χ2v) is 6.75. The molecule has 0 spiro atoms. The molecule has 1 aromatic rings. The van der Waals surface area contributed by atoms with Crippen molar-refractivity contribution in [2.75, 3.05) is 69.2 Å². The average molecular weight is 346 g/mol. The molecule has 2 heterocycles. The van der Waals surface area contributed by atoms with Gasteiger partial charge in [0.1, 0.15) is 0 Å². The molecule has 0 saturated carbocycles. The number of anilines is 2. The van der Waals surface area contributed by atoms with Gasteiger partial charge < -0.3 is 20.3 Å². The van der Waals surface area contributed by atoms with E-state index in [2.05, 4.69) is 44.7 Å². The van der Waals surface area contributed by atoms with Crippen LogP contribution in [0, 0.1) is 0 Å². The summed E-state index contributed by atoms with van der Waals surface area (Å²) in [5, 5.41) is 6.17. The first-order valence-electron chi connectivity index (χ1n) is 9.47. The van der Waals surface area contributed by atoms with E-state index in [-0.39, 0.29) is 5.91 Å². The predicted octanol–water partition coefficient (Wildman–Crippen LogP) is 1.54. The summed E-state index contributed by atoms with van der Waals surface area (Å²) in [5.41, 5.74) is 2.27. The Kier molecular flexibility index (Phi) is 6.94. The molecule has 2 saturated heterocycles. The molecule has 6 heteroatoms. The van der Waals surface area contributed by atoms with Crippen molar-refractivity contribution >= 4 is 17.3 Å². The molecule has 2 N–H and O–H groups in total. The van der Waals surface area contributed by atoms with Crippen LogP contribution in [0.15, 0.2) is 24.3 Å². The second-order valence-electron chi connectivity index (χ2n) is 6.75. The van der Waals surface area contributed by atoms with Crippen LogP contribution < -0.4 is 15.5 Å². The number of carbonyl (C=O) groups excluding carboxylic acids is 1. The molecular formula is C19H30N4O2. The van der Waals surface area contributed by atoms with Gasteiger partial charge in [0.15, 0.2) is 0 Å². The maximum Gasteiger partial charge on any atom is 0.239 e. The lowest BCUT2D eigenvalue weighted by Gasteiger charge is -2.28. The van der Waals surface area contributed by atoms with Gasteiger partial charge in [0.05, 0.1) is 19.8 Å². The predicted molar refractivity (Wildman–Crippen MR) is 101 cm³/mol. The lowest BCUT2D eigenvalue weighted by Crippen LogP contribution is -2.42. The highest BCUT2D eigenvalue weighted by Gasteiger charge is 2.11. The van der Waals surface area contributed by atoms with Crippen molar-refractivity contribution in [3.8, 4) is 0 Å². The third-order valence-corrected chi connectivity index (χ3v) is 4.90. The van der Waals surface area contributed by atoms with Gasteiger partial charge in [-0.1, -0.05) is 0 Å². The number of nitrogens with zero attached hydrogens (tertiary/aromatic N) is 2. The van der Waals surface area contributed by atoms with E-state index in [0.29, 0.717) is 13.1 Å². The Labute approximate surface area is 150 Å². The summed E-state index contributed by atoms with van der Waals surface area (Å²) in [4.78, 5) is 16.7. The van der Waals surface area contributed by atoms with Gasteiger partial charge in [-0.3, -0.25) is 9.69 Å². The van der Waals surface area contributed by atoms with Crippen LogP contribution in [0.5, 0.6) is 0 Å². The molecule has 1 amide bonds. The highest BCUT2D eigenvalue weighted by molar-refractivity contribution is 5.80. The first kappa shape index (κ1) is 18.0. The van der Waals surface area contributed by atoms with E-state index in [0.717, 1.165) is 51.6 Å². The molecule has 25 heavy (non-hydrogen) atoms. The van der Waals surface area contributed by atoms with Crippen molar-refractivity contribution in [1.82, 2.24) is 10.2 Å². The van der Waals surface area contributed by atoms with E-state index in [1.807, 2.05) is 0 Å². The molecule has 0 radical (unpaired) electrons. The number of nitrogens with one attached hydrogen (secondary N) is 2. The van der Waals surface area contributed by atoms with Crippen LogP contribution in [-0.4, -0.2) is 69.8 Å². The molecule has 0 unspecified atom stereocenters. The Bertz CT molecular complexity index is 523. The van der Waals surface area contributed by atoms with Crippen molar-refractivity contribution in [2.45, 2.75) is 19.3 Å². The van der Waals surface area contributed by atoms with E-state index >= 15 is 0 Å². The first-order chi connectivity index (χ1) is 12.3. The van der Waals surface area contributed by atoms with Crippen molar-refractivity contribution in [3.63, 3.8) is 0 Å². The van der Waals surface area contributed by atoms with Gasteiger partial charge in [-0.25, -0.2) is 0 Å². The van der Waals surface area contributed by atoms with Crippen molar-refractivity contribution in [3.05, 3.63) is 24.3 Å². The summed E-state index contributed by atoms with van der Waals surface area (Å²) in [6, 6.07) is 8.41. The van der Waals surface area contributed by atoms with Crippen molar-refractivity contribution in [1.29, 1.82) is 0 Å². The maximum atomic E-state index is 11.9. The maximum absolute atomic E-state index is 11.9. The summed E-state index contributed by atoms with van der Waals surface area (Å²) < 4.78 is 5.32. The Hall–Kier alpha value is -1.79. The number of ether oxygens (including phenoxy) is 1. The first-order valence-corrected chi connectivity index (χ1v) is 9.47. The number of hydrogen-bond donors (Lipinski definition) is 2. The van der Waals surface area contributed by atoms with E-state index in [9.17, 15) is 4.79 Å². The standard InChI is InChI=1S/C19H30N4O2/c24-19(20-8-11-22-12-14-25-15-13-22)16-21-17-4-6-18(7-5-17)23-9-2-1-3-10-23/h4-7,21H,1-3,8-16H2,(H,20,24). The largest absolute Gasteiger partial charge is 0.379 e. The van der Waals surface area contributed by atoms with Gasteiger partial charge in [-0.15, -0.1) is 0 Å². The fourth-order valence-electron chi connectivity index (χ4n) is 3.37. The molecule has 0 atom stereocenters. The van der Waals surface area contributed by atoms with Crippen LogP contribution in [0.1, 0.15) is 19.3 Å². The highest BCUT2D eigenvalue weighted by atomic mass is 16.5. The number of benzene rings is 1. The van der Waals surface area contributed by atoms with Gasteiger partial charge in [-0.2, -0.15) is 0 Å². The zero-order valence-corrected chi connectivity index (χ0v) is 15.0. The molecule has 0 bridgehead atoms. The summed E-state index contributed by atoms with van der Waals surface area (Å²) in [7, 11) is 0. The van der Waals surface area contributed by atoms with E-state index in [4.69, 9.17) is 4.74 Å². The third kappa shape index (κ3) is 5.90. The zero-order chi connectivity index (χ0) is 17.3. The fourth-order valence-corrected chi connectivity index (χ4v) is 3.37. The number of carbonyl (C=O) groups is 1. The van der Waals surface area contributed by atoms with Crippen LogP contribution in [-0.2, 0) is 9.53 Å². The summed E-state index contributed by atoms with van der Waals surface area (Å²) >= 11 is 0.